The molecule has 5 rings (SSSR count). The highest BCUT2D eigenvalue weighted by atomic mass is 16.5. The lowest BCUT2D eigenvalue weighted by atomic mass is 9.96. The van der Waals surface area contributed by atoms with E-state index in [1.54, 1.807) is 27.5 Å². The van der Waals surface area contributed by atoms with Crippen LogP contribution in [0.3, 0.4) is 0 Å². The molecule has 0 atom stereocenters. The highest BCUT2D eigenvalue weighted by Crippen LogP contribution is 2.45. The van der Waals surface area contributed by atoms with Crippen LogP contribution in [-0.2, 0) is 0 Å². The molecule has 0 aliphatic carbocycles. The van der Waals surface area contributed by atoms with E-state index in [9.17, 15) is 0 Å². The second-order valence-corrected chi connectivity index (χ2v) is 7.69. The minimum Gasteiger partial charge on any atom is -0.497 e. The lowest BCUT2D eigenvalue weighted by Gasteiger charge is -2.15. The average molecular weight is 455 g/mol. The molecular weight excluding hydrogens is 432 g/mol. The van der Waals surface area contributed by atoms with Crippen LogP contribution in [0.5, 0.6) is 11.5 Å². The topological polar surface area (TPSA) is 99.6 Å². The van der Waals surface area contributed by atoms with Crippen LogP contribution in [0.15, 0.2) is 47.1 Å². The van der Waals surface area contributed by atoms with Gasteiger partial charge in [0, 0.05) is 31.1 Å². The quantitative estimate of drug-likeness (QED) is 0.397. The summed E-state index contributed by atoms with van der Waals surface area (Å²) in [5.74, 6) is 2.00. The number of benzene rings is 2. The van der Waals surface area contributed by atoms with Gasteiger partial charge in [0.05, 0.1) is 31.0 Å². The SMILES string of the molecule is CNc1nnc(-c2cc(OC)cc(OC)c2-c2nc3ncccn3c2-c2ccc(C)[c]c2C)o1. The molecule has 0 amide bonds. The van der Waals surface area contributed by atoms with Crippen molar-refractivity contribution in [2.45, 2.75) is 13.8 Å². The largest absolute Gasteiger partial charge is 0.497 e. The summed E-state index contributed by atoms with van der Waals surface area (Å²) >= 11 is 0. The first-order valence-corrected chi connectivity index (χ1v) is 10.6. The van der Waals surface area contributed by atoms with Gasteiger partial charge in [0.2, 0.25) is 5.78 Å². The monoisotopic (exact) mass is 455 g/mol. The number of rotatable bonds is 6. The van der Waals surface area contributed by atoms with Crippen LogP contribution in [0, 0.1) is 19.9 Å². The Morgan fingerprint density at radius 3 is 2.62 bits per heavy atom. The van der Waals surface area contributed by atoms with E-state index in [2.05, 4.69) is 32.6 Å². The Bertz CT molecular complexity index is 1500. The van der Waals surface area contributed by atoms with Crippen LogP contribution in [0.1, 0.15) is 11.1 Å². The Morgan fingerprint density at radius 1 is 1.06 bits per heavy atom. The van der Waals surface area contributed by atoms with Crippen molar-refractivity contribution in [3.05, 3.63) is 59.9 Å². The Labute approximate surface area is 196 Å². The van der Waals surface area contributed by atoms with Gasteiger partial charge < -0.3 is 19.2 Å². The second-order valence-electron chi connectivity index (χ2n) is 7.69. The van der Waals surface area contributed by atoms with E-state index in [1.165, 1.54) is 0 Å². The van der Waals surface area contributed by atoms with Crippen LogP contribution < -0.4 is 14.8 Å². The molecule has 0 saturated carbocycles. The summed E-state index contributed by atoms with van der Waals surface area (Å²) in [6, 6.07) is 13.3. The summed E-state index contributed by atoms with van der Waals surface area (Å²) in [7, 11) is 4.91. The Morgan fingerprint density at radius 2 is 1.91 bits per heavy atom. The van der Waals surface area contributed by atoms with Gasteiger partial charge in [-0.1, -0.05) is 17.2 Å². The fraction of sp³-hybridized carbons (Fsp3) is 0.200. The highest BCUT2D eigenvalue weighted by Gasteiger charge is 2.27. The molecule has 1 N–H and O–H groups in total. The fourth-order valence-corrected chi connectivity index (χ4v) is 4.03. The van der Waals surface area contributed by atoms with E-state index in [-0.39, 0.29) is 0 Å². The van der Waals surface area contributed by atoms with E-state index in [0.717, 1.165) is 22.4 Å². The molecule has 3 heterocycles. The predicted molar refractivity (Wildman–Crippen MR) is 128 cm³/mol. The van der Waals surface area contributed by atoms with Crippen molar-refractivity contribution in [2.75, 3.05) is 26.6 Å². The lowest BCUT2D eigenvalue weighted by Crippen LogP contribution is -1.98. The third kappa shape index (κ3) is 3.51. The molecule has 9 heteroatoms. The van der Waals surface area contributed by atoms with Gasteiger partial charge in [-0.15, -0.1) is 5.10 Å². The zero-order valence-electron chi connectivity index (χ0n) is 19.5. The van der Waals surface area contributed by atoms with Crippen molar-refractivity contribution in [1.29, 1.82) is 0 Å². The van der Waals surface area contributed by atoms with Crippen molar-refractivity contribution >= 4 is 11.8 Å². The molecule has 2 aromatic carbocycles. The number of fused-ring (bicyclic) bond motifs is 1. The van der Waals surface area contributed by atoms with Crippen molar-refractivity contribution in [3.8, 4) is 45.5 Å². The van der Waals surface area contributed by atoms with Gasteiger partial charge in [0.25, 0.3) is 5.89 Å². The molecule has 0 aliphatic heterocycles. The third-order valence-electron chi connectivity index (χ3n) is 5.58. The molecule has 0 spiro atoms. The first kappa shape index (κ1) is 21.4. The van der Waals surface area contributed by atoms with E-state index >= 15 is 0 Å². The van der Waals surface area contributed by atoms with Gasteiger partial charge in [-0.3, -0.25) is 4.40 Å². The van der Waals surface area contributed by atoms with Gasteiger partial charge in [0.15, 0.2) is 0 Å². The zero-order chi connectivity index (χ0) is 23.8. The van der Waals surface area contributed by atoms with Gasteiger partial charge in [-0.2, -0.15) is 0 Å². The number of aryl methyl sites for hydroxylation is 2. The molecule has 3 aromatic heterocycles. The smallest absolute Gasteiger partial charge is 0.315 e. The highest BCUT2D eigenvalue weighted by molar-refractivity contribution is 5.93. The summed E-state index contributed by atoms with van der Waals surface area (Å²) in [6.07, 6.45) is 3.66. The fourth-order valence-electron chi connectivity index (χ4n) is 4.03. The Balaban J connectivity index is 1.89. The predicted octanol–water partition coefficient (Wildman–Crippen LogP) is 4.59. The van der Waals surface area contributed by atoms with Crippen molar-refractivity contribution in [1.82, 2.24) is 24.6 Å². The van der Waals surface area contributed by atoms with Gasteiger partial charge in [-0.05, 0) is 43.2 Å². The van der Waals surface area contributed by atoms with Crippen LogP contribution in [0.25, 0.3) is 39.7 Å². The number of nitrogens with one attached hydrogen (secondary N) is 1. The molecule has 9 nitrogen and oxygen atoms in total. The minimum atomic E-state index is 0.295. The molecular formula is C25H23N6O3. The number of aromatic nitrogens is 5. The molecule has 5 aromatic rings. The summed E-state index contributed by atoms with van der Waals surface area (Å²) < 4.78 is 19.1. The number of imidazole rings is 1. The van der Waals surface area contributed by atoms with Crippen molar-refractivity contribution < 1.29 is 13.9 Å². The standard InChI is InChI=1S/C25H23N6O3/c1-14-7-8-17(15(2)11-14)22-21(28-24-27-9-6-10-31(22)24)20-18(23-29-30-25(26-3)34-23)12-16(32-4)13-19(20)33-5/h6-10,12-13H,1-5H3,(H,26,30). The Kier molecular flexibility index (Phi) is 5.37. The maximum Gasteiger partial charge on any atom is 0.315 e. The first-order chi connectivity index (χ1) is 16.5. The van der Waals surface area contributed by atoms with Gasteiger partial charge in [-0.25, -0.2) is 9.97 Å². The van der Waals surface area contributed by atoms with Crippen LogP contribution in [0.2, 0.25) is 0 Å². The number of hydrogen-bond acceptors (Lipinski definition) is 8. The molecule has 1 radical (unpaired) electrons. The summed E-state index contributed by atoms with van der Waals surface area (Å²) in [6.45, 7) is 4.05. The zero-order valence-corrected chi connectivity index (χ0v) is 19.5. The average Bonchev–Trinajstić information content (AvgIpc) is 3.48. The molecule has 0 bridgehead atoms. The molecule has 171 valence electrons. The number of anilines is 1. The lowest BCUT2D eigenvalue weighted by molar-refractivity contribution is 0.395. The molecule has 0 unspecified atom stereocenters. The normalized spacial score (nSPS) is 11.1. The van der Waals surface area contributed by atoms with Crippen molar-refractivity contribution in [3.63, 3.8) is 0 Å². The number of hydrogen-bond donors (Lipinski definition) is 1. The van der Waals surface area contributed by atoms with Crippen LogP contribution in [0.4, 0.5) is 6.01 Å². The van der Waals surface area contributed by atoms with Crippen LogP contribution >= 0.6 is 0 Å². The molecule has 34 heavy (non-hydrogen) atoms. The second kappa shape index (κ2) is 8.51. The maximum atomic E-state index is 5.84. The molecule has 0 fully saturated rings. The summed E-state index contributed by atoms with van der Waals surface area (Å²) in [4.78, 5) is 9.40. The van der Waals surface area contributed by atoms with Crippen LogP contribution in [-0.4, -0.2) is 45.8 Å². The van der Waals surface area contributed by atoms with Gasteiger partial charge in [0.1, 0.15) is 17.2 Å². The number of nitrogens with zero attached hydrogens (tertiary/aromatic N) is 5. The van der Waals surface area contributed by atoms with E-state index < -0.39 is 0 Å². The Hall–Kier alpha value is -4.40. The van der Waals surface area contributed by atoms with E-state index in [1.807, 2.05) is 48.7 Å². The summed E-state index contributed by atoms with van der Waals surface area (Å²) in [5, 5.41) is 11.2. The number of methoxy groups -OCH3 is 2. The first-order valence-electron chi connectivity index (χ1n) is 10.6. The number of ether oxygens (including phenoxy) is 2. The molecule has 0 saturated heterocycles. The van der Waals surface area contributed by atoms with Gasteiger partial charge >= 0.3 is 6.01 Å². The maximum absolute atomic E-state index is 5.84. The minimum absolute atomic E-state index is 0.295. The van der Waals surface area contributed by atoms with E-state index in [4.69, 9.17) is 18.9 Å². The third-order valence-corrected chi connectivity index (χ3v) is 5.58. The van der Waals surface area contributed by atoms with Crippen molar-refractivity contribution in [2.24, 2.45) is 0 Å². The molecule has 0 aliphatic rings. The summed E-state index contributed by atoms with van der Waals surface area (Å²) in [5.41, 5.74) is 5.87. The van der Waals surface area contributed by atoms with E-state index in [0.29, 0.717) is 46.0 Å².